The van der Waals surface area contributed by atoms with Gasteiger partial charge in [0.2, 0.25) is 0 Å². The van der Waals surface area contributed by atoms with Gasteiger partial charge in [0.1, 0.15) is 78.9 Å². The van der Waals surface area contributed by atoms with Crippen LogP contribution in [0.2, 0.25) is 5.02 Å². The van der Waals surface area contributed by atoms with Crippen LogP contribution in [0.25, 0.3) is 84.3 Å². The number of unbranched alkanes of at least 4 members (excludes halogenated alkanes) is 14. The summed E-state index contributed by atoms with van der Waals surface area (Å²) in [4.78, 5) is 30.0. The molecule has 0 saturated carbocycles. The first-order valence-corrected chi connectivity index (χ1v) is 40.6. The summed E-state index contributed by atoms with van der Waals surface area (Å²) in [6, 6.07) is 48.8. The van der Waals surface area contributed by atoms with Gasteiger partial charge in [-0.3, -0.25) is 4.79 Å². The van der Waals surface area contributed by atoms with Gasteiger partial charge in [0, 0.05) is 17.0 Å². The molecule has 5 heterocycles. The molecule has 2 atom stereocenters. The molecule has 1 saturated heterocycles. The van der Waals surface area contributed by atoms with E-state index in [9.17, 15) is 30.3 Å². The molecule has 0 spiro atoms. The van der Waals surface area contributed by atoms with Crippen LogP contribution < -0.4 is 0 Å². The van der Waals surface area contributed by atoms with Gasteiger partial charge in [-0.05, 0) is 230 Å². The SMILES string of the molecule is CCCCCCCCOC(=O)CCCCCCCC1OC1CCCCCCCC.Cc1cc(C)c(O)c(-n2nc3ccc(Cl)cc3n2)c1.Cc1cc(C)c(O)c(-n2nc3ccccc3n2)c1.Cc1cc(C)c(O)c(-n2nc3ccccc3n2)c1.Cc1ccc(-c2nc(-c3ccc(C)cc3O)nc(-c3ccc(C)cc3O)n2)c(C)c1. The van der Waals surface area contributed by atoms with E-state index in [1.54, 1.807) is 42.5 Å². The molecule has 20 nitrogen and oxygen atoms in total. The number of epoxide rings is 1. The van der Waals surface area contributed by atoms with Crippen molar-refractivity contribution < 1.29 is 39.8 Å². The molecule has 0 aliphatic carbocycles. The van der Waals surface area contributed by atoms with Gasteiger partial charge in [0.25, 0.3) is 0 Å². The lowest BCUT2D eigenvalue weighted by atomic mass is 10.0. The number of phenolic OH excluding ortho intramolecular Hbond substituents is 5. The average molecular weight is 1560 g/mol. The Balaban J connectivity index is 0.000000153. The average Bonchev–Trinajstić information content (AvgIpc) is 0.827. The van der Waals surface area contributed by atoms with Crippen LogP contribution in [0.1, 0.15) is 198 Å². The molecule has 2 unspecified atom stereocenters. The second-order valence-electron chi connectivity index (χ2n) is 30.2. The van der Waals surface area contributed by atoms with Crippen molar-refractivity contribution in [2.24, 2.45) is 0 Å². The molecular weight excluding hydrogens is 1450 g/mol. The Bertz CT molecular complexity index is 5000. The Morgan fingerprint density at radius 3 is 1.11 bits per heavy atom. The quantitative estimate of drug-likeness (QED) is 0.0173. The standard InChI is InChI=1S/C26H50O3.C25H23N3O2.C14H12ClN3O.2C14H13N3O/c1-3-5-7-9-12-16-20-24-25(29-24)21-17-13-11-14-18-22-26(27)28-23-19-15-10-8-6-4-2;1-14-5-8-18(17(4)11-14)23-26-24(19-9-6-15(2)12-21(19)29)28-25(27-23)20-10-7-16(3)13-22(20)30;1-8-5-9(2)14(19)13(6-8)18-16-11-4-3-10(15)7-12(11)17-18;2*1-9-7-10(2)14(18)13(8-9)17-15-11-5-3-4-6-12(11)16-17/h24-25H,3-23H2,1-2H3;5-13,29-30H,1-4H3;3-7,19H,1-2H3;2*3-8,18H,1-2H3. The van der Waals surface area contributed by atoms with Gasteiger partial charge in [-0.1, -0.05) is 200 Å². The summed E-state index contributed by atoms with van der Waals surface area (Å²) < 4.78 is 11.1. The highest BCUT2D eigenvalue weighted by atomic mass is 35.5. The highest BCUT2D eigenvalue weighted by Crippen LogP contribution is 2.37. The molecule has 0 bridgehead atoms. The van der Waals surface area contributed by atoms with Crippen LogP contribution in [0.15, 0.2) is 158 Å². The third-order valence-electron chi connectivity index (χ3n) is 20.0. The van der Waals surface area contributed by atoms with Gasteiger partial charge in [0.15, 0.2) is 17.5 Å². The number of halogens is 1. The van der Waals surface area contributed by atoms with E-state index in [-0.39, 0.29) is 34.7 Å². The Morgan fingerprint density at radius 2 is 0.711 bits per heavy atom. The smallest absolute Gasteiger partial charge is 0.305 e. The van der Waals surface area contributed by atoms with Crippen LogP contribution in [0, 0.1) is 69.2 Å². The zero-order chi connectivity index (χ0) is 81.4. The van der Waals surface area contributed by atoms with E-state index in [1.807, 2.05) is 178 Å². The number of aromatic nitrogens is 12. The molecule has 14 rings (SSSR count). The minimum atomic E-state index is 0.00229. The zero-order valence-corrected chi connectivity index (χ0v) is 69.0. The van der Waals surface area contributed by atoms with Crippen LogP contribution in [0.3, 0.4) is 0 Å². The van der Waals surface area contributed by atoms with Crippen LogP contribution >= 0.6 is 11.6 Å². The predicted molar refractivity (Wildman–Crippen MR) is 457 cm³/mol. The molecular formula is C93H111ClN12O8. The number of fused-ring (bicyclic) bond motifs is 3. The number of ether oxygens (including phenoxy) is 2. The van der Waals surface area contributed by atoms with Crippen LogP contribution in [0.5, 0.6) is 28.7 Å². The largest absolute Gasteiger partial charge is 0.507 e. The minimum absolute atomic E-state index is 0.00229. The summed E-state index contributed by atoms with van der Waals surface area (Å²) >= 11 is 5.93. The maximum absolute atomic E-state index is 11.7. The lowest BCUT2D eigenvalue weighted by molar-refractivity contribution is -0.143. The van der Waals surface area contributed by atoms with Gasteiger partial charge < -0.3 is 35.0 Å². The number of carbonyl (C=O) groups excluding carboxylic acids is 1. The monoisotopic (exact) mass is 1560 g/mol. The topological polar surface area (TPSA) is 271 Å². The highest BCUT2D eigenvalue weighted by Gasteiger charge is 2.37. The zero-order valence-electron chi connectivity index (χ0n) is 68.2. The summed E-state index contributed by atoms with van der Waals surface area (Å²) in [5.74, 6) is 2.05. The molecule has 4 aromatic heterocycles. The fourth-order valence-corrected chi connectivity index (χ4v) is 13.9. The molecule has 13 aromatic rings. The second-order valence-corrected chi connectivity index (χ2v) is 30.6. The summed E-state index contributed by atoms with van der Waals surface area (Å²) in [5, 5.41) is 78.1. The van der Waals surface area contributed by atoms with Crippen LogP contribution in [-0.4, -0.2) is 110 Å². The lowest BCUT2D eigenvalue weighted by Crippen LogP contribution is -2.05. The van der Waals surface area contributed by atoms with Gasteiger partial charge in [-0.2, -0.15) is 0 Å². The summed E-state index contributed by atoms with van der Waals surface area (Å²) in [7, 11) is 0. The van der Waals surface area contributed by atoms with Crippen molar-refractivity contribution in [2.75, 3.05) is 6.61 Å². The van der Waals surface area contributed by atoms with Crippen LogP contribution in [0.4, 0.5) is 0 Å². The molecule has 598 valence electrons. The van der Waals surface area contributed by atoms with Crippen molar-refractivity contribution in [3.63, 3.8) is 0 Å². The van der Waals surface area contributed by atoms with Crippen molar-refractivity contribution in [3.8, 4) is 80.0 Å². The number of hydrogen-bond acceptors (Lipinski definition) is 17. The van der Waals surface area contributed by atoms with E-state index in [1.165, 1.54) is 117 Å². The number of rotatable bonds is 28. The van der Waals surface area contributed by atoms with E-state index in [0.717, 1.165) is 108 Å². The number of phenols is 5. The van der Waals surface area contributed by atoms with Gasteiger partial charge in [-0.25, -0.2) is 15.0 Å². The first-order valence-electron chi connectivity index (χ1n) is 40.3. The van der Waals surface area contributed by atoms with E-state index in [2.05, 4.69) is 65.5 Å². The molecule has 9 aromatic carbocycles. The Kier molecular flexibility index (Phi) is 31.2. The Morgan fingerprint density at radius 1 is 0.368 bits per heavy atom. The number of nitrogens with zero attached hydrogens (tertiary/aromatic N) is 12. The van der Waals surface area contributed by atoms with Crippen molar-refractivity contribution in [2.45, 2.75) is 224 Å². The third kappa shape index (κ3) is 24.2. The molecule has 1 aliphatic rings. The van der Waals surface area contributed by atoms with E-state index in [0.29, 0.717) is 81.4 Å². The van der Waals surface area contributed by atoms with E-state index < -0.39 is 0 Å². The Labute approximate surface area is 675 Å². The molecule has 1 aliphatic heterocycles. The number of carbonyl (C=O) groups is 1. The molecule has 0 amide bonds. The first-order chi connectivity index (χ1) is 54.9. The van der Waals surface area contributed by atoms with Gasteiger partial charge in [-0.15, -0.1) is 45.0 Å². The molecule has 21 heteroatoms. The maximum atomic E-state index is 11.7. The normalized spacial score (nSPS) is 12.8. The molecule has 5 N–H and O–H groups in total. The van der Waals surface area contributed by atoms with Crippen LogP contribution in [-0.2, 0) is 14.3 Å². The number of benzene rings is 9. The van der Waals surface area contributed by atoms with Crippen molar-refractivity contribution in [1.82, 2.24) is 59.9 Å². The minimum Gasteiger partial charge on any atom is -0.507 e. The summed E-state index contributed by atoms with van der Waals surface area (Å²) in [6.45, 7) is 24.5. The lowest BCUT2D eigenvalue weighted by Gasteiger charge is -2.12. The van der Waals surface area contributed by atoms with Gasteiger partial charge in [0.05, 0.1) is 29.9 Å². The van der Waals surface area contributed by atoms with Crippen molar-refractivity contribution >= 4 is 50.7 Å². The van der Waals surface area contributed by atoms with E-state index in [4.69, 9.17) is 21.1 Å². The molecule has 1 fully saturated rings. The first kappa shape index (κ1) is 85.3. The molecule has 114 heavy (non-hydrogen) atoms. The number of esters is 1. The van der Waals surface area contributed by atoms with Crippen molar-refractivity contribution in [3.05, 3.63) is 218 Å². The maximum Gasteiger partial charge on any atom is 0.305 e. The van der Waals surface area contributed by atoms with Crippen molar-refractivity contribution in [1.29, 1.82) is 0 Å². The number of aromatic hydroxyl groups is 5. The number of aryl methyl sites for hydroxylation is 10. The fourth-order valence-electron chi connectivity index (χ4n) is 13.8. The Hall–Kier alpha value is -11.1. The number of hydrogen-bond donors (Lipinski definition) is 5. The summed E-state index contributed by atoms with van der Waals surface area (Å²) in [6.07, 6.45) is 25.8. The highest BCUT2D eigenvalue weighted by molar-refractivity contribution is 6.31. The second kappa shape index (κ2) is 41.6. The summed E-state index contributed by atoms with van der Waals surface area (Å²) in [5.41, 5.74) is 18.1. The molecule has 0 radical (unpaired) electrons. The van der Waals surface area contributed by atoms with E-state index >= 15 is 0 Å². The third-order valence-corrected chi connectivity index (χ3v) is 20.3. The van der Waals surface area contributed by atoms with Gasteiger partial charge >= 0.3 is 5.97 Å². The predicted octanol–water partition coefficient (Wildman–Crippen LogP) is 22.5. The fraction of sp³-hybridized carbons (Fsp3) is 0.376.